The van der Waals surface area contributed by atoms with Crippen LogP contribution in [0.1, 0.15) is 39.0 Å². The zero-order valence-corrected chi connectivity index (χ0v) is 17.9. The number of ether oxygens (including phenoxy) is 1. The fourth-order valence-electron chi connectivity index (χ4n) is 2.96. The molecule has 1 aliphatic carbocycles. The van der Waals surface area contributed by atoms with Crippen LogP contribution < -0.4 is 14.4 Å². The molecule has 1 aromatic rings. The number of thioether (sulfide) groups is 1. The highest BCUT2D eigenvalue weighted by molar-refractivity contribution is 7.99. The van der Waals surface area contributed by atoms with Gasteiger partial charge in [0.05, 0.1) is 11.9 Å². The van der Waals surface area contributed by atoms with E-state index in [-0.39, 0.29) is 5.91 Å². The van der Waals surface area contributed by atoms with Crippen molar-refractivity contribution >= 4 is 33.4 Å². The Morgan fingerprint density at radius 1 is 1.26 bits per heavy atom. The highest BCUT2D eigenvalue weighted by Gasteiger charge is 2.17. The summed E-state index contributed by atoms with van der Waals surface area (Å²) in [6.07, 6.45) is 7.14. The average Bonchev–Trinajstić information content (AvgIpc) is 2.65. The Balaban J connectivity index is 1.73. The lowest BCUT2D eigenvalue weighted by Crippen LogP contribution is -2.37. The van der Waals surface area contributed by atoms with E-state index in [1.165, 1.54) is 43.5 Å². The molecule has 2 rings (SSSR count). The van der Waals surface area contributed by atoms with Gasteiger partial charge in [0, 0.05) is 24.6 Å². The predicted octanol–water partition coefficient (Wildman–Crippen LogP) is 3.03. The second-order valence-corrected chi connectivity index (χ2v) is 10.3. The van der Waals surface area contributed by atoms with Crippen molar-refractivity contribution in [3.05, 3.63) is 24.3 Å². The highest BCUT2D eigenvalue weighted by Crippen LogP contribution is 2.27. The standard InChI is InChI=1S/C19H30N2O4S2/c1-15(19(22)20-13-14-26-18-7-5-4-6-8-18)25-17-11-9-16(10-12-17)21(2)27(3,23)24/h9-12,15,18H,4-8,13-14H2,1-3H3,(H,20,22). The molecule has 0 aliphatic heterocycles. The summed E-state index contributed by atoms with van der Waals surface area (Å²) in [6.45, 7) is 2.35. The zero-order chi connectivity index (χ0) is 19.9. The van der Waals surface area contributed by atoms with Gasteiger partial charge >= 0.3 is 0 Å². The van der Waals surface area contributed by atoms with E-state index in [0.717, 1.165) is 17.3 Å². The lowest BCUT2D eigenvalue weighted by Gasteiger charge is -2.21. The molecule has 0 heterocycles. The van der Waals surface area contributed by atoms with Crippen LogP contribution in [0, 0.1) is 0 Å². The molecule has 152 valence electrons. The maximum absolute atomic E-state index is 12.2. The number of benzene rings is 1. The molecule has 27 heavy (non-hydrogen) atoms. The van der Waals surface area contributed by atoms with Crippen LogP contribution in [0.25, 0.3) is 0 Å². The van der Waals surface area contributed by atoms with Gasteiger partial charge in [-0.1, -0.05) is 19.3 Å². The Labute approximate surface area is 167 Å². The Morgan fingerprint density at radius 3 is 2.48 bits per heavy atom. The molecule has 0 bridgehead atoms. The lowest BCUT2D eigenvalue weighted by atomic mass is 10.0. The summed E-state index contributed by atoms with van der Waals surface area (Å²) in [7, 11) is -1.81. The van der Waals surface area contributed by atoms with E-state index in [1.807, 2.05) is 11.8 Å². The van der Waals surface area contributed by atoms with Gasteiger partial charge in [-0.05, 0) is 44.0 Å². The molecule has 1 amide bonds. The Bertz CT molecular complexity index is 701. The molecule has 1 aliphatic rings. The predicted molar refractivity (Wildman–Crippen MR) is 112 cm³/mol. The molecule has 0 saturated heterocycles. The van der Waals surface area contributed by atoms with E-state index in [0.29, 0.717) is 18.0 Å². The van der Waals surface area contributed by atoms with E-state index in [9.17, 15) is 13.2 Å². The van der Waals surface area contributed by atoms with E-state index in [1.54, 1.807) is 31.2 Å². The minimum absolute atomic E-state index is 0.142. The normalized spacial score (nSPS) is 16.6. The van der Waals surface area contributed by atoms with E-state index < -0.39 is 16.1 Å². The highest BCUT2D eigenvalue weighted by atomic mass is 32.2. The van der Waals surface area contributed by atoms with Gasteiger partial charge in [-0.2, -0.15) is 11.8 Å². The molecule has 8 heteroatoms. The van der Waals surface area contributed by atoms with Gasteiger partial charge in [0.15, 0.2) is 6.10 Å². The van der Waals surface area contributed by atoms with Gasteiger partial charge in [-0.3, -0.25) is 9.10 Å². The SMILES string of the molecule is CC(Oc1ccc(N(C)S(C)(=O)=O)cc1)C(=O)NCCSC1CCCCC1. The molecule has 0 radical (unpaired) electrons. The summed E-state index contributed by atoms with van der Waals surface area (Å²) in [4.78, 5) is 12.2. The summed E-state index contributed by atoms with van der Waals surface area (Å²) in [5.41, 5.74) is 0.543. The van der Waals surface area contributed by atoms with Crippen molar-refractivity contribution in [2.24, 2.45) is 0 Å². The van der Waals surface area contributed by atoms with Crippen molar-refractivity contribution in [2.45, 2.75) is 50.4 Å². The number of sulfonamides is 1. The first-order chi connectivity index (χ1) is 12.8. The third kappa shape index (κ3) is 7.25. The van der Waals surface area contributed by atoms with Crippen LogP contribution in [0.5, 0.6) is 5.75 Å². The molecule has 1 N–H and O–H groups in total. The number of amides is 1. The van der Waals surface area contributed by atoms with Crippen LogP contribution >= 0.6 is 11.8 Å². The van der Waals surface area contributed by atoms with E-state index in [2.05, 4.69) is 5.32 Å². The molecular formula is C19H30N2O4S2. The molecule has 0 spiro atoms. The molecule has 1 unspecified atom stereocenters. The van der Waals surface area contributed by atoms with Crippen LogP contribution in [0.15, 0.2) is 24.3 Å². The monoisotopic (exact) mass is 414 g/mol. The number of carbonyl (C=O) groups excluding carboxylic acids is 1. The van der Waals surface area contributed by atoms with Gasteiger partial charge in [0.2, 0.25) is 10.0 Å². The van der Waals surface area contributed by atoms with Crippen LogP contribution in [0.4, 0.5) is 5.69 Å². The van der Waals surface area contributed by atoms with Gasteiger partial charge in [0.25, 0.3) is 5.91 Å². The fraction of sp³-hybridized carbons (Fsp3) is 0.632. The van der Waals surface area contributed by atoms with Crippen molar-refractivity contribution in [1.82, 2.24) is 5.32 Å². The molecular weight excluding hydrogens is 384 g/mol. The van der Waals surface area contributed by atoms with Crippen molar-refractivity contribution in [2.75, 3.05) is 29.9 Å². The van der Waals surface area contributed by atoms with Crippen LogP contribution in [-0.4, -0.2) is 51.3 Å². The van der Waals surface area contributed by atoms with Gasteiger partial charge < -0.3 is 10.1 Å². The van der Waals surface area contributed by atoms with Gasteiger partial charge in [0.1, 0.15) is 5.75 Å². The van der Waals surface area contributed by atoms with Crippen LogP contribution in [0.2, 0.25) is 0 Å². The topological polar surface area (TPSA) is 75.7 Å². The second kappa shape index (κ2) is 10.2. The number of hydrogen-bond acceptors (Lipinski definition) is 5. The lowest BCUT2D eigenvalue weighted by molar-refractivity contribution is -0.127. The number of nitrogens with zero attached hydrogens (tertiary/aromatic N) is 1. The Kier molecular flexibility index (Phi) is 8.28. The van der Waals surface area contributed by atoms with Gasteiger partial charge in [-0.15, -0.1) is 0 Å². The number of rotatable bonds is 9. The largest absolute Gasteiger partial charge is 0.481 e. The second-order valence-electron chi connectivity index (χ2n) is 6.91. The number of hydrogen-bond donors (Lipinski definition) is 1. The van der Waals surface area contributed by atoms with Crippen molar-refractivity contribution < 1.29 is 17.9 Å². The third-order valence-corrected chi connectivity index (χ3v) is 7.28. The maximum Gasteiger partial charge on any atom is 0.260 e. The molecule has 1 fully saturated rings. The number of carbonyl (C=O) groups is 1. The molecule has 0 aromatic heterocycles. The van der Waals surface area contributed by atoms with Crippen LogP contribution in [0.3, 0.4) is 0 Å². The molecule has 1 atom stereocenters. The molecule has 1 saturated carbocycles. The first kappa shape index (κ1) is 21.9. The zero-order valence-electron chi connectivity index (χ0n) is 16.3. The van der Waals surface area contributed by atoms with Crippen molar-refractivity contribution in [3.8, 4) is 5.75 Å². The fourth-order valence-corrected chi connectivity index (χ4v) is 4.68. The summed E-state index contributed by atoms with van der Waals surface area (Å²) >= 11 is 1.95. The Morgan fingerprint density at radius 2 is 1.89 bits per heavy atom. The summed E-state index contributed by atoms with van der Waals surface area (Å²) in [5.74, 6) is 1.31. The smallest absolute Gasteiger partial charge is 0.260 e. The van der Waals surface area contributed by atoms with Crippen molar-refractivity contribution in [1.29, 1.82) is 0 Å². The first-order valence-electron chi connectivity index (χ1n) is 9.37. The third-order valence-electron chi connectivity index (χ3n) is 4.69. The van der Waals surface area contributed by atoms with Crippen LogP contribution in [-0.2, 0) is 14.8 Å². The first-order valence-corrected chi connectivity index (χ1v) is 12.3. The minimum Gasteiger partial charge on any atom is -0.481 e. The molecule has 1 aromatic carbocycles. The quantitative estimate of drug-likeness (QED) is 0.629. The summed E-state index contributed by atoms with van der Waals surface area (Å²) in [6, 6.07) is 6.64. The average molecular weight is 415 g/mol. The number of nitrogens with one attached hydrogen (secondary N) is 1. The van der Waals surface area contributed by atoms with Gasteiger partial charge in [-0.25, -0.2) is 8.42 Å². The summed E-state index contributed by atoms with van der Waals surface area (Å²) < 4.78 is 29.9. The van der Waals surface area contributed by atoms with E-state index >= 15 is 0 Å². The van der Waals surface area contributed by atoms with E-state index in [4.69, 9.17) is 4.74 Å². The number of anilines is 1. The summed E-state index contributed by atoms with van der Waals surface area (Å²) in [5, 5.41) is 3.66. The minimum atomic E-state index is -3.30. The van der Waals surface area contributed by atoms with Crippen molar-refractivity contribution in [3.63, 3.8) is 0 Å². The Hall–Kier alpha value is -1.41. The maximum atomic E-state index is 12.2. The molecule has 6 nitrogen and oxygen atoms in total.